The van der Waals surface area contributed by atoms with E-state index in [-0.39, 0.29) is 11.9 Å². The number of benzene rings is 1. The predicted octanol–water partition coefficient (Wildman–Crippen LogP) is 2.20. The second-order valence-corrected chi connectivity index (χ2v) is 4.50. The molecule has 1 unspecified atom stereocenters. The third kappa shape index (κ3) is 5.15. The number of rotatable bonds is 7. The maximum Gasteiger partial charge on any atom is 0.243 e. The number of amides is 1. The highest BCUT2D eigenvalue weighted by molar-refractivity contribution is 5.87. The number of nitrogens with one attached hydrogen (secondary N) is 1. The highest BCUT2D eigenvalue weighted by atomic mass is 16.1. The van der Waals surface area contributed by atoms with Crippen molar-refractivity contribution in [3.05, 3.63) is 48.6 Å². The lowest BCUT2D eigenvalue weighted by molar-refractivity contribution is -0.117. The Kier molecular flexibility index (Phi) is 6.15. The summed E-state index contributed by atoms with van der Waals surface area (Å²) in [6, 6.07) is 10.5. The van der Waals surface area contributed by atoms with Crippen LogP contribution in [-0.2, 0) is 11.3 Å². The van der Waals surface area contributed by atoms with Gasteiger partial charge in [-0.25, -0.2) is 0 Å². The number of nitrogens with zero attached hydrogens (tertiary/aromatic N) is 1. The van der Waals surface area contributed by atoms with Crippen LogP contribution in [-0.4, -0.2) is 30.4 Å². The molecule has 1 amide bonds. The van der Waals surface area contributed by atoms with Crippen LogP contribution in [0.15, 0.2) is 43.0 Å². The molecule has 0 bridgehead atoms. The van der Waals surface area contributed by atoms with Gasteiger partial charge in [-0.3, -0.25) is 4.79 Å². The minimum atomic E-state index is -0.102. The third-order valence-corrected chi connectivity index (χ3v) is 2.85. The van der Waals surface area contributed by atoms with Crippen molar-refractivity contribution in [1.29, 1.82) is 0 Å². The van der Waals surface area contributed by atoms with Gasteiger partial charge < -0.3 is 10.2 Å². The second kappa shape index (κ2) is 7.67. The lowest BCUT2D eigenvalue weighted by atomic mass is 10.2. The molecule has 0 aliphatic heterocycles. The molecule has 1 N–H and O–H groups in total. The molecule has 3 heteroatoms. The van der Waals surface area contributed by atoms with Crippen LogP contribution in [0.3, 0.4) is 0 Å². The quantitative estimate of drug-likeness (QED) is 0.748. The van der Waals surface area contributed by atoms with Gasteiger partial charge in [0.1, 0.15) is 0 Å². The van der Waals surface area contributed by atoms with E-state index in [4.69, 9.17) is 0 Å². The average molecular weight is 246 g/mol. The molecular weight excluding hydrogens is 224 g/mol. The van der Waals surface area contributed by atoms with Crippen LogP contribution in [0, 0.1) is 0 Å². The summed E-state index contributed by atoms with van der Waals surface area (Å²) in [5.41, 5.74) is 1.28. The number of hydrogen-bond donors (Lipinski definition) is 1. The van der Waals surface area contributed by atoms with Gasteiger partial charge in [0, 0.05) is 19.1 Å². The first-order valence-electron chi connectivity index (χ1n) is 6.31. The maximum atomic E-state index is 11.3. The summed E-state index contributed by atoms with van der Waals surface area (Å²) < 4.78 is 0. The van der Waals surface area contributed by atoms with Gasteiger partial charge in [0.25, 0.3) is 0 Å². The maximum absolute atomic E-state index is 11.3. The Labute approximate surface area is 109 Å². The second-order valence-electron chi connectivity index (χ2n) is 4.50. The van der Waals surface area contributed by atoms with Gasteiger partial charge in [-0.2, -0.15) is 0 Å². The fraction of sp³-hybridized carbons (Fsp3) is 0.400. The minimum absolute atomic E-state index is 0.102. The van der Waals surface area contributed by atoms with Crippen LogP contribution in [0.2, 0.25) is 0 Å². The van der Waals surface area contributed by atoms with E-state index in [1.165, 1.54) is 11.6 Å². The van der Waals surface area contributed by atoms with Crippen molar-refractivity contribution in [2.24, 2.45) is 0 Å². The summed E-state index contributed by atoms with van der Waals surface area (Å²) in [6.45, 7) is 7.27. The summed E-state index contributed by atoms with van der Waals surface area (Å²) in [5, 5.41) is 2.93. The molecule has 0 heterocycles. The number of carbonyl (C=O) groups excluding carboxylic acids is 1. The molecule has 98 valence electrons. The molecule has 1 aromatic carbocycles. The zero-order chi connectivity index (χ0) is 13.4. The van der Waals surface area contributed by atoms with Gasteiger partial charge in [0.15, 0.2) is 0 Å². The molecule has 1 atom stereocenters. The molecule has 18 heavy (non-hydrogen) atoms. The number of hydrogen-bond acceptors (Lipinski definition) is 2. The van der Waals surface area contributed by atoms with Crippen LogP contribution < -0.4 is 5.32 Å². The third-order valence-electron chi connectivity index (χ3n) is 2.85. The molecule has 0 fully saturated rings. The van der Waals surface area contributed by atoms with E-state index in [1.807, 2.05) is 18.2 Å². The van der Waals surface area contributed by atoms with Gasteiger partial charge in [0.05, 0.1) is 0 Å². The van der Waals surface area contributed by atoms with Crippen LogP contribution in [0.5, 0.6) is 0 Å². The molecule has 1 aromatic rings. The van der Waals surface area contributed by atoms with Crippen molar-refractivity contribution in [2.45, 2.75) is 25.9 Å². The van der Waals surface area contributed by atoms with Gasteiger partial charge >= 0.3 is 0 Å². The summed E-state index contributed by atoms with van der Waals surface area (Å²) in [4.78, 5) is 13.5. The first-order chi connectivity index (χ1) is 8.65. The monoisotopic (exact) mass is 246 g/mol. The minimum Gasteiger partial charge on any atom is -0.349 e. The molecule has 0 spiro atoms. The molecule has 1 rings (SSSR count). The van der Waals surface area contributed by atoms with Gasteiger partial charge in [-0.05, 0) is 25.1 Å². The predicted molar refractivity (Wildman–Crippen MR) is 75.2 cm³/mol. The average Bonchev–Trinajstić information content (AvgIpc) is 2.38. The fourth-order valence-corrected chi connectivity index (χ4v) is 1.87. The molecule has 0 radical (unpaired) electrons. The van der Waals surface area contributed by atoms with Crippen molar-refractivity contribution in [3.63, 3.8) is 0 Å². The summed E-state index contributed by atoms with van der Waals surface area (Å²) in [7, 11) is 2.07. The Morgan fingerprint density at radius 1 is 1.44 bits per heavy atom. The lowest BCUT2D eigenvalue weighted by Crippen LogP contribution is -2.41. The Morgan fingerprint density at radius 3 is 2.67 bits per heavy atom. The van der Waals surface area contributed by atoms with Crippen molar-refractivity contribution >= 4 is 5.91 Å². The van der Waals surface area contributed by atoms with Crippen molar-refractivity contribution in [1.82, 2.24) is 10.2 Å². The molecular formula is C15H22N2O. The van der Waals surface area contributed by atoms with Crippen LogP contribution in [0.1, 0.15) is 18.9 Å². The Hall–Kier alpha value is -1.61. The Balaban J connectivity index is 2.44. The van der Waals surface area contributed by atoms with E-state index in [0.29, 0.717) is 0 Å². The number of carbonyl (C=O) groups is 1. The SMILES string of the molecule is C=CC(=O)NC(CC)CN(C)Cc1ccccc1. The van der Waals surface area contributed by atoms with Crippen molar-refractivity contribution in [2.75, 3.05) is 13.6 Å². The Bertz CT molecular complexity index is 375. The molecule has 0 saturated heterocycles. The standard InChI is InChI=1S/C15H22N2O/c1-4-14(16-15(18)5-2)12-17(3)11-13-9-7-6-8-10-13/h5-10,14H,2,4,11-12H2,1,3H3,(H,16,18). The molecule has 0 saturated carbocycles. The zero-order valence-electron chi connectivity index (χ0n) is 11.2. The largest absolute Gasteiger partial charge is 0.349 e. The summed E-state index contributed by atoms with van der Waals surface area (Å²) in [5.74, 6) is -0.102. The van der Waals surface area contributed by atoms with Crippen LogP contribution >= 0.6 is 0 Å². The van der Waals surface area contributed by atoms with Gasteiger partial charge in [-0.1, -0.05) is 43.8 Å². The highest BCUT2D eigenvalue weighted by Crippen LogP contribution is 2.04. The van der Waals surface area contributed by atoms with E-state index in [0.717, 1.165) is 19.5 Å². The van der Waals surface area contributed by atoms with Crippen LogP contribution in [0.25, 0.3) is 0 Å². The first kappa shape index (κ1) is 14.5. The van der Waals surface area contributed by atoms with Crippen LogP contribution in [0.4, 0.5) is 0 Å². The summed E-state index contributed by atoms with van der Waals surface area (Å²) >= 11 is 0. The molecule has 3 nitrogen and oxygen atoms in total. The topological polar surface area (TPSA) is 32.3 Å². The Morgan fingerprint density at radius 2 is 2.11 bits per heavy atom. The lowest BCUT2D eigenvalue weighted by Gasteiger charge is -2.23. The normalized spacial score (nSPS) is 12.2. The van der Waals surface area contributed by atoms with Crippen molar-refractivity contribution < 1.29 is 4.79 Å². The fourth-order valence-electron chi connectivity index (χ4n) is 1.87. The van der Waals surface area contributed by atoms with E-state index < -0.39 is 0 Å². The zero-order valence-corrected chi connectivity index (χ0v) is 11.2. The molecule has 0 aromatic heterocycles. The highest BCUT2D eigenvalue weighted by Gasteiger charge is 2.11. The van der Waals surface area contributed by atoms with Gasteiger partial charge in [-0.15, -0.1) is 0 Å². The molecule has 0 aliphatic rings. The molecule has 0 aliphatic carbocycles. The smallest absolute Gasteiger partial charge is 0.243 e. The first-order valence-corrected chi connectivity index (χ1v) is 6.31. The number of likely N-dealkylation sites (N-methyl/N-ethyl adjacent to an activating group) is 1. The van der Waals surface area contributed by atoms with Gasteiger partial charge in [0.2, 0.25) is 5.91 Å². The van der Waals surface area contributed by atoms with E-state index in [1.54, 1.807) is 0 Å². The van der Waals surface area contributed by atoms with E-state index in [9.17, 15) is 4.79 Å². The summed E-state index contributed by atoms with van der Waals surface area (Å²) in [6.07, 6.45) is 2.23. The van der Waals surface area contributed by atoms with E-state index >= 15 is 0 Å². The van der Waals surface area contributed by atoms with Crippen molar-refractivity contribution in [3.8, 4) is 0 Å². The van der Waals surface area contributed by atoms with E-state index in [2.05, 4.69) is 42.9 Å².